The number of oxime groups is 1. The van der Waals surface area contributed by atoms with Crippen LogP contribution in [-0.2, 0) is 4.84 Å². The van der Waals surface area contributed by atoms with Crippen molar-refractivity contribution in [1.29, 1.82) is 0 Å². The molecule has 2 rings (SSSR count). The molecule has 0 unspecified atom stereocenters. The Balaban J connectivity index is 2.06. The molecule has 0 aromatic heterocycles. The molecule has 5 nitrogen and oxygen atoms in total. The highest BCUT2D eigenvalue weighted by atomic mass is 16.7. The second-order valence-electron chi connectivity index (χ2n) is 3.68. The van der Waals surface area contributed by atoms with Crippen LogP contribution >= 0.6 is 0 Å². The Hall–Kier alpha value is -2.30. The Bertz CT molecular complexity index is 483. The fraction of sp³-hybridized carbons (Fsp3) is 0.231. The maximum Gasteiger partial charge on any atom is 0.433 e. The normalized spacial score (nSPS) is 15.4. The predicted molar refractivity (Wildman–Crippen MR) is 67.8 cm³/mol. The summed E-state index contributed by atoms with van der Waals surface area (Å²) >= 11 is 0. The molecule has 1 aromatic carbocycles. The average molecular weight is 246 g/mol. The number of rotatable bonds is 3. The van der Waals surface area contributed by atoms with Gasteiger partial charge in [0.15, 0.2) is 0 Å². The summed E-state index contributed by atoms with van der Waals surface area (Å²) < 4.78 is 5.48. The minimum Gasteiger partial charge on any atom is -0.492 e. The maximum absolute atomic E-state index is 11.2. The summed E-state index contributed by atoms with van der Waals surface area (Å²) in [7, 11) is 0. The number of benzene rings is 1. The van der Waals surface area contributed by atoms with Gasteiger partial charge in [-0.15, -0.1) is 6.58 Å². The Morgan fingerprint density at radius 2 is 2.39 bits per heavy atom. The summed E-state index contributed by atoms with van der Waals surface area (Å²) in [6, 6.07) is 7.53. The van der Waals surface area contributed by atoms with Crippen LogP contribution in [0.25, 0.3) is 0 Å². The lowest BCUT2D eigenvalue weighted by molar-refractivity contribution is 0.151. The average Bonchev–Trinajstić information content (AvgIpc) is 2.42. The molecule has 1 aliphatic heterocycles. The third-order valence-corrected chi connectivity index (χ3v) is 2.42. The molecule has 0 atom stereocenters. The van der Waals surface area contributed by atoms with E-state index in [1.165, 1.54) is 0 Å². The summed E-state index contributed by atoms with van der Waals surface area (Å²) in [5.41, 5.74) is 1.57. The number of hydrogen-bond donors (Lipinski definition) is 1. The lowest BCUT2D eigenvalue weighted by Crippen LogP contribution is -2.24. The topological polar surface area (TPSA) is 59.9 Å². The van der Waals surface area contributed by atoms with Crippen molar-refractivity contribution in [2.45, 2.75) is 6.42 Å². The van der Waals surface area contributed by atoms with Gasteiger partial charge in [-0.3, -0.25) is 4.84 Å². The number of nitrogens with zero attached hydrogens (tertiary/aromatic N) is 1. The lowest BCUT2D eigenvalue weighted by Gasteiger charge is -2.17. The molecule has 0 spiro atoms. The third kappa shape index (κ3) is 2.88. The number of para-hydroxylation sites is 1. The highest BCUT2D eigenvalue weighted by molar-refractivity contribution is 6.03. The minimum absolute atomic E-state index is 0.351. The van der Waals surface area contributed by atoms with Gasteiger partial charge in [-0.05, 0) is 12.1 Å². The zero-order valence-corrected chi connectivity index (χ0v) is 9.89. The molecule has 1 heterocycles. The first-order valence-electron chi connectivity index (χ1n) is 5.66. The van der Waals surface area contributed by atoms with Gasteiger partial charge in [-0.25, -0.2) is 4.79 Å². The van der Waals surface area contributed by atoms with Crippen molar-refractivity contribution in [2.24, 2.45) is 5.16 Å². The van der Waals surface area contributed by atoms with E-state index in [9.17, 15) is 4.79 Å². The van der Waals surface area contributed by atoms with Gasteiger partial charge in [-0.1, -0.05) is 23.4 Å². The third-order valence-electron chi connectivity index (χ3n) is 2.42. The summed E-state index contributed by atoms with van der Waals surface area (Å²) in [6.45, 7) is 4.38. The molecule has 1 aromatic rings. The van der Waals surface area contributed by atoms with Gasteiger partial charge < -0.3 is 10.1 Å². The van der Waals surface area contributed by atoms with Crippen LogP contribution in [0.1, 0.15) is 12.0 Å². The van der Waals surface area contributed by atoms with Crippen LogP contribution in [0.4, 0.5) is 4.79 Å². The van der Waals surface area contributed by atoms with Gasteiger partial charge in [0.05, 0.1) is 12.3 Å². The number of fused-ring (bicyclic) bond motifs is 1. The number of ether oxygens (including phenoxy) is 1. The minimum atomic E-state index is -0.591. The Kier molecular flexibility index (Phi) is 3.96. The van der Waals surface area contributed by atoms with E-state index >= 15 is 0 Å². The fourth-order valence-corrected chi connectivity index (χ4v) is 1.60. The SMILES string of the molecule is C=CCNC(=O)O/N=C1\CCOc2ccccc21. The molecular weight excluding hydrogens is 232 g/mol. The molecule has 18 heavy (non-hydrogen) atoms. The lowest BCUT2D eigenvalue weighted by atomic mass is 10.0. The molecular formula is C13H14N2O3. The summed E-state index contributed by atoms with van der Waals surface area (Å²) in [5, 5.41) is 6.35. The van der Waals surface area contributed by atoms with Crippen molar-refractivity contribution in [3.05, 3.63) is 42.5 Å². The van der Waals surface area contributed by atoms with Crippen LogP contribution in [0.2, 0.25) is 0 Å². The fourth-order valence-electron chi connectivity index (χ4n) is 1.60. The summed E-state index contributed by atoms with van der Waals surface area (Å²) in [5.74, 6) is 0.762. The molecule has 1 amide bonds. The van der Waals surface area contributed by atoms with E-state index in [1.807, 2.05) is 24.3 Å². The van der Waals surface area contributed by atoms with E-state index in [0.29, 0.717) is 25.3 Å². The van der Waals surface area contributed by atoms with Gasteiger partial charge in [0.25, 0.3) is 0 Å². The molecule has 0 saturated heterocycles. The molecule has 1 aliphatic rings. The first-order valence-corrected chi connectivity index (χ1v) is 5.66. The van der Waals surface area contributed by atoms with E-state index in [-0.39, 0.29) is 0 Å². The molecule has 94 valence electrons. The molecule has 0 bridgehead atoms. The smallest absolute Gasteiger partial charge is 0.433 e. The molecule has 0 saturated carbocycles. The van der Waals surface area contributed by atoms with Crippen molar-refractivity contribution in [3.8, 4) is 5.75 Å². The quantitative estimate of drug-likeness (QED) is 0.504. The van der Waals surface area contributed by atoms with E-state index in [0.717, 1.165) is 11.3 Å². The van der Waals surface area contributed by atoms with Crippen LogP contribution in [0, 0.1) is 0 Å². The number of carbonyl (C=O) groups is 1. The van der Waals surface area contributed by atoms with Crippen LogP contribution in [-0.4, -0.2) is 25.0 Å². The number of hydrogen-bond acceptors (Lipinski definition) is 4. The molecule has 0 radical (unpaired) electrons. The van der Waals surface area contributed by atoms with Crippen LogP contribution in [0.15, 0.2) is 42.1 Å². The van der Waals surface area contributed by atoms with Gasteiger partial charge in [0, 0.05) is 18.5 Å². The standard InChI is InChI=1S/C13H14N2O3/c1-2-8-14-13(16)18-15-11-7-9-17-12-6-4-3-5-10(11)12/h2-6H,1,7-9H2,(H,14,16)/b15-11+. The predicted octanol–water partition coefficient (Wildman–Crippen LogP) is 2.09. The number of nitrogens with one attached hydrogen (secondary N) is 1. The molecule has 0 aliphatic carbocycles. The van der Waals surface area contributed by atoms with Crippen molar-refractivity contribution < 1.29 is 14.4 Å². The maximum atomic E-state index is 11.2. The van der Waals surface area contributed by atoms with Crippen molar-refractivity contribution >= 4 is 11.8 Å². The zero-order chi connectivity index (χ0) is 12.8. The van der Waals surface area contributed by atoms with E-state index in [2.05, 4.69) is 17.1 Å². The largest absolute Gasteiger partial charge is 0.492 e. The first-order chi connectivity index (χ1) is 8.81. The highest BCUT2D eigenvalue weighted by Crippen LogP contribution is 2.24. The van der Waals surface area contributed by atoms with Crippen molar-refractivity contribution in [1.82, 2.24) is 5.32 Å². The van der Waals surface area contributed by atoms with Crippen LogP contribution in [0.5, 0.6) is 5.75 Å². The van der Waals surface area contributed by atoms with Gasteiger partial charge in [0.2, 0.25) is 0 Å². The monoisotopic (exact) mass is 246 g/mol. The van der Waals surface area contributed by atoms with Crippen molar-refractivity contribution in [3.63, 3.8) is 0 Å². The van der Waals surface area contributed by atoms with Crippen molar-refractivity contribution in [2.75, 3.05) is 13.2 Å². The van der Waals surface area contributed by atoms with E-state index in [4.69, 9.17) is 9.57 Å². The zero-order valence-electron chi connectivity index (χ0n) is 9.89. The number of amides is 1. The second kappa shape index (κ2) is 5.86. The number of carbonyl (C=O) groups excluding carboxylic acids is 1. The van der Waals surface area contributed by atoms with Crippen LogP contribution < -0.4 is 10.1 Å². The van der Waals surface area contributed by atoms with E-state index < -0.39 is 6.09 Å². The Labute approximate surface area is 105 Å². The van der Waals surface area contributed by atoms with Gasteiger partial charge >= 0.3 is 6.09 Å². The molecule has 0 fully saturated rings. The summed E-state index contributed by atoms with van der Waals surface area (Å²) in [4.78, 5) is 16.0. The Morgan fingerprint density at radius 3 is 3.22 bits per heavy atom. The van der Waals surface area contributed by atoms with Crippen LogP contribution in [0.3, 0.4) is 0 Å². The Morgan fingerprint density at radius 1 is 1.56 bits per heavy atom. The van der Waals surface area contributed by atoms with Gasteiger partial charge in [-0.2, -0.15) is 0 Å². The molecule has 1 N–H and O–H groups in total. The molecule has 5 heteroatoms. The van der Waals surface area contributed by atoms with E-state index in [1.54, 1.807) is 6.08 Å². The first kappa shape index (κ1) is 12.2. The van der Waals surface area contributed by atoms with Gasteiger partial charge in [0.1, 0.15) is 5.75 Å². The highest BCUT2D eigenvalue weighted by Gasteiger charge is 2.17. The second-order valence-corrected chi connectivity index (χ2v) is 3.68. The summed E-state index contributed by atoms with van der Waals surface area (Å²) in [6.07, 6.45) is 1.59.